The maximum Gasteiger partial charge on any atom is 0.416 e. The van der Waals surface area contributed by atoms with Gasteiger partial charge < -0.3 is 9.64 Å². The monoisotopic (exact) mass is 557 g/mol. The number of ether oxygens (including phenoxy) is 1. The number of carbonyl (C=O) groups is 1. The Hall–Kier alpha value is -4.38. The summed E-state index contributed by atoms with van der Waals surface area (Å²) in [5, 5.41) is 11.5. The van der Waals surface area contributed by atoms with Crippen LogP contribution in [0.3, 0.4) is 0 Å². The van der Waals surface area contributed by atoms with Crippen molar-refractivity contribution in [2.24, 2.45) is 5.41 Å². The number of aromatic nitrogens is 1. The lowest BCUT2D eigenvalue weighted by atomic mass is 9.69. The number of likely N-dealkylation sites (tertiary alicyclic amines) is 1. The van der Waals surface area contributed by atoms with Gasteiger partial charge >= 0.3 is 6.18 Å². The molecule has 2 unspecified atom stereocenters. The molecule has 0 radical (unpaired) electrons. The first-order valence-electron chi connectivity index (χ1n) is 13.5. The van der Waals surface area contributed by atoms with Crippen LogP contribution in [0, 0.1) is 16.7 Å². The summed E-state index contributed by atoms with van der Waals surface area (Å²) in [4.78, 5) is 20.5. The Morgan fingerprint density at radius 1 is 1.02 bits per heavy atom. The second kappa shape index (κ2) is 11.2. The van der Waals surface area contributed by atoms with Crippen molar-refractivity contribution in [2.75, 3.05) is 20.2 Å². The number of amides is 1. The number of halogens is 3. The summed E-state index contributed by atoms with van der Waals surface area (Å²) in [6.45, 7) is 2.33. The molecule has 3 aromatic carbocycles. The maximum absolute atomic E-state index is 14.2. The molecule has 1 aliphatic rings. The normalized spacial score (nSPS) is 16.5. The van der Waals surface area contributed by atoms with Crippen LogP contribution in [-0.2, 0) is 11.0 Å². The summed E-state index contributed by atoms with van der Waals surface area (Å²) < 4.78 is 45.5. The first-order valence-corrected chi connectivity index (χ1v) is 13.5. The topological polar surface area (TPSA) is 66.2 Å². The van der Waals surface area contributed by atoms with E-state index in [4.69, 9.17) is 4.74 Å². The highest BCUT2D eigenvalue weighted by Gasteiger charge is 2.47. The van der Waals surface area contributed by atoms with Crippen LogP contribution in [0.1, 0.15) is 53.9 Å². The number of carbonyl (C=O) groups excluding carboxylic acids is 1. The van der Waals surface area contributed by atoms with Gasteiger partial charge in [-0.2, -0.15) is 18.4 Å². The second-order valence-electron chi connectivity index (χ2n) is 10.6. The molecule has 0 spiro atoms. The van der Waals surface area contributed by atoms with Gasteiger partial charge in [-0.1, -0.05) is 54.6 Å². The molecular weight excluding hydrogens is 527 g/mol. The zero-order valence-electron chi connectivity index (χ0n) is 22.9. The Balaban J connectivity index is 1.47. The van der Waals surface area contributed by atoms with Gasteiger partial charge in [0, 0.05) is 36.2 Å². The first-order chi connectivity index (χ1) is 19.7. The van der Waals surface area contributed by atoms with Crippen molar-refractivity contribution >= 4 is 16.8 Å². The SMILES string of the molecule is COc1ccccc1C(c1cnc2ccccc2c1)C(C)(C#N)C(=O)N1CCC(c2cccc(C(F)(F)F)c2)CC1. The number of hydrogen-bond acceptors (Lipinski definition) is 4. The largest absolute Gasteiger partial charge is 0.496 e. The number of nitrogens with zero attached hydrogens (tertiary/aromatic N) is 3. The number of alkyl halides is 3. The highest BCUT2D eigenvalue weighted by molar-refractivity contribution is 5.88. The van der Waals surface area contributed by atoms with Crippen LogP contribution in [-0.4, -0.2) is 36.0 Å². The minimum Gasteiger partial charge on any atom is -0.496 e. The molecule has 4 aromatic rings. The molecule has 5 nitrogen and oxygen atoms in total. The predicted molar refractivity (Wildman–Crippen MR) is 150 cm³/mol. The van der Waals surface area contributed by atoms with Crippen molar-refractivity contribution in [2.45, 2.75) is 37.8 Å². The summed E-state index contributed by atoms with van der Waals surface area (Å²) in [7, 11) is 1.55. The standard InChI is InChI=1S/C33H30F3N3O2/c1-32(21-37,31(40)39-16-14-22(15-17-39)23-9-7-10-26(19-23)33(34,35)36)30(27-11-4-6-13-29(27)41-2)25-18-24-8-3-5-12-28(24)38-20-25/h3-13,18-20,22,30H,14-17H2,1-2H3. The third-order valence-corrected chi connectivity index (χ3v) is 8.12. The van der Waals surface area contributed by atoms with E-state index in [9.17, 15) is 23.2 Å². The number of pyridine rings is 1. The summed E-state index contributed by atoms with van der Waals surface area (Å²) in [5.74, 6) is -0.561. The molecule has 8 heteroatoms. The summed E-state index contributed by atoms with van der Waals surface area (Å²) in [6, 6.07) is 24.7. The average Bonchev–Trinajstić information content (AvgIpc) is 3.00. The third kappa shape index (κ3) is 5.49. The van der Waals surface area contributed by atoms with Crippen LogP contribution >= 0.6 is 0 Å². The Morgan fingerprint density at radius 2 is 1.73 bits per heavy atom. The zero-order valence-corrected chi connectivity index (χ0v) is 22.9. The van der Waals surface area contributed by atoms with Crippen molar-refractivity contribution in [3.63, 3.8) is 0 Å². The number of methoxy groups -OCH3 is 1. The fourth-order valence-electron chi connectivity index (χ4n) is 5.92. The molecule has 2 atom stereocenters. The first kappa shape index (κ1) is 28.2. The fourth-order valence-corrected chi connectivity index (χ4v) is 5.92. The van der Waals surface area contributed by atoms with Crippen LogP contribution in [0.15, 0.2) is 85.1 Å². The van der Waals surface area contributed by atoms with Crippen LogP contribution in [0.4, 0.5) is 13.2 Å². The molecule has 0 aliphatic carbocycles. The van der Waals surface area contributed by atoms with Crippen LogP contribution < -0.4 is 4.74 Å². The molecule has 5 rings (SSSR count). The van der Waals surface area contributed by atoms with E-state index in [2.05, 4.69) is 11.1 Å². The minimum atomic E-state index is -4.41. The molecule has 41 heavy (non-hydrogen) atoms. The Bertz CT molecular complexity index is 1610. The van der Waals surface area contributed by atoms with Crippen molar-refractivity contribution < 1.29 is 22.7 Å². The Labute approximate surface area is 237 Å². The highest BCUT2D eigenvalue weighted by atomic mass is 19.4. The van der Waals surface area contributed by atoms with Gasteiger partial charge in [-0.25, -0.2) is 0 Å². The Morgan fingerprint density at radius 3 is 2.44 bits per heavy atom. The molecule has 1 aliphatic heterocycles. The van der Waals surface area contributed by atoms with Gasteiger partial charge in [-0.3, -0.25) is 9.78 Å². The highest BCUT2D eigenvalue weighted by Crippen LogP contribution is 2.46. The number of para-hydroxylation sites is 2. The van der Waals surface area contributed by atoms with E-state index < -0.39 is 23.1 Å². The molecule has 2 heterocycles. The summed E-state index contributed by atoms with van der Waals surface area (Å²) in [5.41, 5.74) is 0.643. The Kier molecular flexibility index (Phi) is 7.72. The molecular formula is C33H30F3N3O2. The third-order valence-electron chi connectivity index (χ3n) is 8.12. The number of fused-ring (bicyclic) bond motifs is 1. The fraction of sp³-hybridized carbons (Fsp3) is 0.303. The van der Waals surface area contributed by atoms with E-state index in [0.29, 0.717) is 48.4 Å². The number of hydrogen-bond donors (Lipinski definition) is 0. The van der Waals surface area contributed by atoms with Gasteiger partial charge in [-0.15, -0.1) is 0 Å². The molecule has 210 valence electrons. The van der Waals surface area contributed by atoms with Gasteiger partial charge in [-0.05, 0) is 61.1 Å². The lowest BCUT2D eigenvalue weighted by Gasteiger charge is -2.39. The molecule has 0 N–H and O–H groups in total. The number of benzene rings is 3. The summed E-state index contributed by atoms with van der Waals surface area (Å²) >= 11 is 0. The molecule has 1 saturated heterocycles. The lowest BCUT2D eigenvalue weighted by Crippen LogP contribution is -2.48. The number of piperidine rings is 1. The van der Waals surface area contributed by atoms with E-state index in [0.717, 1.165) is 17.0 Å². The molecule has 0 bridgehead atoms. The van der Waals surface area contributed by atoms with Gasteiger partial charge in [0.2, 0.25) is 5.91 Å². The van der Waals surface area contributed by atoms with E-state index >= 15 is 0 Å². The van der Waals surface area contributed by atoms with Gasteiger partial charge in [0.25, 0.3) is 0 Å². The van der Waals surface area contributed by atoms with E-state index in [1.54, 1.807) is 37.3 Å². The quantitative estimate of drug-likeness (QED) is 0.249. The number of rotatable bonds is 6. The zero-order chi connectivity index (χ0) is 29.2. The van der Waals surface area contributed by atoms with Gasteiger partial charge in [0.1, 0.15) is 11.2 Å². The van der Waals surface area contributed by atoms with Crippen molar-refractivity contribution in [3.8, 4) is 11.8 Å². The van der Waals surface area contributed by atoms with E-state index in [1.807, 2.05) is 48.5 Å². The number of nitriles is 1. The minimum absolute atomic E-state index is 0.107. The molecule has 0 saturated carbocycles. The van der Waals surface area contributed by atoms with Crippen molar-refractivity contribution in [3.05, 3.63) is 107 Å². The van der Waals surface area contributed by atoms with E-state index in [-0.39, 0.29) is 11.8 Å². The van der Waals surface area contributed by atoms with Crippen LogP contribution in [0.25, 0.3) is 10.9 Å². The van der Waals surface area contributed by atoms with Gasteiger partial charge in [0.15, 0.2) is 0 Å². The average molecular weight is 558 g/mol. The lowest BCUT2D eigenvalue weighted by molar-refractivity contribution is -0.140. The molecule has 1 aromatic heterocycles. The molecule has 1 amide bonds. The smallest absolute Gasteiger partial charge is 0.416 e. The van der Waals surface area contributed by atoms with Gasteiger partial charge in [0.05, 0.1) is 24.3 Å². The predicted octanol–water partition coefficient (Wildman–Crippen LogP) is 7.33. The van der Waals surface area contributed by atoms with Crippen molar-refractivity contribution in [1.29, 1.82) is 5.26 Å². The van der Waals surface area contributed by atoms with Crippen molar-refractivity contribution in [1.82, 2.24) is 9.88 Å². The van der Waals surface area contributed by atoms with Crippen LogP contribution in [0.2, 0.25) is 0 Å². The van der Waals surface area contributed by atoms with Crippen LogP contribution in [0.5, 0.6) is 5.75 Å². The summed E-state index contributed by atoms with van der Waals surface area (Å²) in [6.07, 6.45) is -1.69. The molecule has 1 fully saturated rings. The second-order valence-corrected chi connectivity index (χ2v) is 10.6. The maximum atomic E-state index is 14.2. The van der Waals surface area contributed by atoms with E-state index in [1.165, 1.54) is 12.1 Å².